The largest absolute Gasteiger partial charge is 0.346 e. The van der Waals surface area contributed by atoms with E-state index in [1.165, 1.54) is 11.5 Å². The number of hydrogen-bond donors (Lipinski definition) is 1. The van der Waals surface area contributed by atoms with Crippen LogP contribution in [0.25, 0.3) is 0 Å². The van der Waals surface area contributed by atoms with E-state index < -0.39 is 0 Å². The number of hydrogen-bond acceptors (Lipinski definition) is 5. The van der Waals surface area contributed by atoms with Gasteiger partial charge in [-0.1, -0.05) is 0 Å². The Morgan fingerprint density at radius 1 is 1.67 bits per heavy atom. The molecular formula is C7H14N4S. The van der Waals surface area contributed by atoms with Gasteiger partial charge in [0.25, 0.3) is 0 Å². The Labute approximate surface area is 76.6 Å². The van der Waals surface area contributed by atoms with Crippen molar-refractivity contribution in [2.24, 2.45) is 5.73 Å². The first kappa shape index (κ1) is 9.41. The minimum Gasteiger partial charge on any atom is -0.346 e. The van der Waals surface area contributed by atoms with Crippen LogP contribution in [0.4, 0.5) is 5.13 Å². The van der Waals surface area contributed by atoms with Crippen molar-refractivity contribution in [3.05, 3.63) is 5.82 Å². The Kier molecular flexibility index (Phi) is 2.99. The summed E-state index contributed by atoms with van der Waals surface area (Å²) >= 11 is 1.41. The molecule has 4 nitrogen and oxygen atoms in total. The number of aromatic nitrogens is 2. The summed E-state index contributed by atoms with van der Waals surface area (Å²) in [5.41, 5.74) is 5.53. The Morgan fingerprint density at radius 2 is 2.33 bits per heavy atom. The second kappa shape index (κ2) is 3.82. The average Bonchev–Trinajstić information content (AvgIpc) is 2.49. The number of likely N-dealkylation sites (N-methyl/N-ethyl adjacent to an activating group) is 1. The van der Waals surface area contributed by atoms with Crippen LogP contribution in [0.15, 0.2) is 0 Å². The summed E-state index contributed by atoms with van der Waals surface area (Å²) in [5, 5.41) is 0.936. The van der Waals surface area contributed by atoms with E-state index in [2.05, 4.69) is 16.3 Å². The van der Waals surface area contributed by atoms with Crippen molar-refractivity contribution < 1.29 is 0 Å². The first-order valence-electron chi connectivity index (χ1n) is 3.88. The van der Waals surface area contributed by atoms with E-state index in [9.17, 15) is 0 Å². The molecule has 1 atom stereocenters. The number of anilines is 1. The summed E-state index contributed by atoms with van der Waals surface area (Å²) < 4.78 is 4.10. The van der Waals surface area contributed by atoms with Gasteiger partial charge in [0.2, 0.25) is 5.13 Å². The maximum absolute atomic E-state index is 5.53. The van der Waals surface area contributed by atoms with E-state index in [-0.39, 0.29) is 0 Å². The lowest BCUT2D eigenvalue weighted by molar-refractivity contribution is 0.693. The number of nitrogens with zero attached hydrogens (tertiary/aromatic N) is 3. The highest BCUT2D eigenvalue weighted by atomic mass is 32.1. The molecule has 1 aromatic rings. The normalized spacial score (nSPS) is 13.0. The molecule has 0 aliphatic heterocycles. The lowest BCUT2D eigenvalue weighted by Crippen LogP contribution is -2.35. The van der Waals surface area contributed by atoms with Crippen molar-refractivity contribution >= 4 is 16.7 Å². The van der Waals surface area contributed by atoms with Gasteiger partial charge in [-0.05, 0) is 13.8 Å². The van der Waals surface area contributed by atoms with E-state index >= 15 is 0 Å². The predicted octanol–water partition coefficient (Wildman–Crippen LogP) is 0.630. The third-order valence-electron chi connectivity index (χ3n) is 1.82. The molecule has 2 N–H and O–H groups in total. The molecule has 1 unspecified atom stereocenters. The summed E-state index contributed by atoms with van der Waals surface area (Å²) in [6.07, 6.45) is 0. The monoisotopic (exact) mass is 186 g/mol. The standard InChI is InChI=1S/C7H14N4S/c1-5(4-8)11(3)7-9-6(2)10-12-7/h5H,4,8H2,1-3H3. The highest BCUT2D eigenvalue weighted by Crippen LogP contribution is 2.16. The molecule has 0 aromatic carbocycles. The molecule has 0 radical (unpaired) electrons. The molecule has 5 heteroatoms. The molecule has 0 fully saturated rings. The summed E-state index contributed by atoms with van der Waals surface area (Å²) in [5.74, 6) is 0.825. The molecule has 0 saturated carbocycles. The Bertz CT molecular complexity index is 247. The molecule has 0 saturated heterocycles. The van der Waals surface area contributed by atoms with Crippen LogP contribution in [0.5, 0.6) is 0 Å². The van der Waals surface area contributed by atoms with Crippen LogP contribution in [0, 0.1) is 6.92 Å². The Morgan fingerprint density at radius 3 is 2.75 bits per heavy atom. The van der Waals surface area contributed by atoms with Crippen molar-refractivity contribution in [1.29, 1.82) is 0 Å². The first-order valence-corrected chi connectivity index (χ1v) is 4.65. The van der Waals surface area contributed by atoms with Crippen LogP contribution >= 0.6 is 11.5 Å². The number of nitrogens with two attached hydrogens (primary N) is 1. The smallest absolute Gasteiger partial charge is 0.205 e. The van der Waals surface area contributed by atoms with E-state index in [1.54, 1.807) is 0 Å². The molecule has 0 spiro atoms. The van der Waals surface area contributed by atoms with E-state index in [0.717, 1.165) is 11.0 Å². The van der Waals surface area contributed by atoms with E-state index in [1.807, 2.05) is 18.9 Å². The van der Waals surface area contributed by atoms with Crippen molar-refractivity contribution in [2.45, 2.75) is 19.9 Å². The maximum Gasteiger partial charge on any atom is 0.205 e. The van der Waals surface area contributed by atoms with Gasteiger partial charge in [-0.15, -0.1) is 0 Å². The van der Waals surface area contributed by atoms with Gasteiger partial charge in [-0.2, -0.15) is 4.37 Å². The second-order valence-electron chi connectivity index (χ2n) is 2.82. The SMILES string of the molecule is Cc1nsc(N(C)C(C)CN)n1. The van der Waals surface area contributed by atoms with Gasteiger partial charge in [0.05, 0.1) is 0 Å². The molecule has 0 bridgehead atoms. The fraction of sp³-hybridized carbons (Fsp3) is 0.714. The molecule has 1 rings (SSSR count). The molecule has 12 heavy (non-hydrogen) atoms. The first-order chi connectivity index (χ1) is 5.65. The predicted molar refractivity (Wildman–Crippen MR) is 51.6 cm³/mol. The molecule has 1 heterocycles. The van der Waals surface area contributed by atoms with Gasteiger partial charge in [0, 0.05) is 31.2 Å². The fourth-order valence-electron chi connectivity index (χ4n) is 0.776. The van der Waals surface area contributed by atoms with Gasteiger partial charge in [-0.3, -0.25) is 0 Å². The topological polar surface area (TPSA) is 55.0 Å². The Balaban J connectivity index is 2.70. The zero-order valence-corrected chi connectivity index (χ0v) is 8.43. The minimum atomic E-state index is 0.317. The summed E-state index contributed by atoms with van der Waals surface area (Å²) in [6, 6.07) is 0.317. The quantitative estimate of drug-likeness (QED) is 0.752. The van der Waals surface area contributed by atoms with E-state index in [0.29, 0.717) is 12.6 Å². The maximum atomic E-state index is 5.53. The molecule has 68 valence electrons. The van der Waals surface area contributed by atoms with Crippen molar-refractivity contribution in [2.75, 3.05) is 18.5 Å². The molecule has 0 amide bonds. The Hall–Kier alpha value is -0.680. The average molecular weight is 186 g/mol. The third-order valence-corrected chi connectivity index (χ3v) is 2.72. The van der Waals surface area contributed by atoms with Gasteiger partial charge in [0.1, 0.15) is 5.82 Å². The zero-order chi connectivity index (χ0) is 9.14. The summed E-state index contributed by atoms with van der Waals surface area (Å²) in [7, 11) is 1.98. The molecule has 0 aliphatic carbocycles. The third kappa shape index (κ3) is 1.92. The fourth-order valence-corrected chi connectivity index (χ4v) is 1.51. The minimum absolute atomic E-state index is 0.317. The van der Waals surface area contributed by atoms with Crippen LogP contribution in [0.2, 0.25) is 0 Å². The van der Waals surface area contributed by atoms with Crippen molar-refractivity contribution in [3.63, 3.8) is 0 Å². The summed E-state index contributed by atoms with van der Waals surface area (Å²) in [6.45, 7) is 4.59. The van der Waals surface area contributed by atoms with Gasteiger partial charge < -0.3 is 10.6 Å². The highest BCUT2D eigenvalue weighted by Gasteiger charge is 2.11. The highest BCUT2D eigenvalue weighted by molar-refractivity contribution is 7.09. The zero-order valence-electron chi connectivity index (χ0n) is 7.61. The lowest BCUT2D eigenvalue weighted by atomic mass is 10.3. The van der Waals surface area contributed by atoms with Crippen molar-refractivity contribution in [3.8, 4) is 0 Å². The van der Waals surface area contributed by atoms with Gasteiger partial charge in [-0.25, -0.2) is 4.98 Å². The molecular weight excluding hydrogens is 172 g/mol. The van der Waals surface area contributed by atoms with E-state index in [4.69, 9.17) is 5.73 Å². The number of rotatable bonds is 3. The van der Waals surface area contributed by atoms with Crippen LogP contribution in [0.3, 0.4) is 0 Å². The second-order valence-corrected chi connectivity index (χ2v) is 3.55. The van der Waals surface area contributed by atoms with Crippen LogP contribution in [-0.4, -0.2) is 29.0 Å². The lowest BCUT2D eigenvalue weighted by Gasteiger charge is -2.21. The molecule has 1 aromatic heterocycles. The molecule has 0 aliphatic rings. The van der Waals surface area contributed by atoms with Crippen LogP contribution in [-0.2, 0) is 0 Å². The summed E-state index contributed by atoms with van der Waals surface area (Å²) in [4.78, 5) is 6.30. The van der Waals surface area contributed by atoms with Crippen LogP contribution in [0.1, 0.15) is 12.7 Å². The number of aryl methyl sites for hydroxylation is 1. The van der Waals surface area contributed by atoms with Crippen molar-refractivity contribution in [1.82, 2.24) is 9.36 Å². The van der Waals surface area contributed by atoms with Crippen LogP contribution < -0.4 is 10.6 Å². The van der Waals surface area contributed by atoms with Gasteiger partial charge in [0.15, 0.2) is 0 Å². The van der Waals surface area contributed by atoms with Gasteiger partial charge >= 0.3 is 0 Å².